The number of carbonyl (C=O) groups excluding carboxylic acids is 1. The van der Waals surface area contributed by atoms with Crippen molar-refractivity contribution in [1.29, 1.82) is 0 Å². The van der Waals surface area contributed by atoms with Crippen molar-refractivity contribution in [2.75, 3.05) is 19.7 Å². The predicted molar refractivity (Wildman–Crippen MR) is 97.4 cm³/mol. The highest BCUT2D eigenvalue weighted by Gasteiger charge is 2.34. The Kier molecular flexibility index (Phi) is 6.44. The molecule has 27 heavy (non-hydrogen) atoms. The molecule has 7 nitrogen and oxygen atoms in total. The van der Waals surface area contributed by atoms with Crippen molar-refractivity contribution in [3.8, 4) is 5.75 Å². The van der Waals surface area contributed by atoms with Crippen LogP contribution >= 0.6 is 11.6 Å². The van der Waals surface area contributed by atoms with Crippen molar-refractivity contribution in [2.24, 2.45) is 5.92 Å². The summed E-state index contributed by atoms with van der Waals surface area (Å²) in [6, 6.07) is 3.61. The van der Waals surface area contributed by atoms with Gasteiger partial charge in [0.05, 0.1) is 6.61 Å². The van der Waals surface area contributed by atoms with Crippen LogP contribution in [-0.4, -0.2) is 45.1 Å². The maximum absolute atomic E-state index is 13.6. The monoisotopic (exact) mass is 420 g/mol. The van der Waals surface area contributed by atoms with Crippen LogP contribution in [0.1, 0.15) is 32.1 Å². The van der Waals surface area contributed by atoms with Crippen LogP contribution in [0.2, 0.25) is 5.02 Å². The molecule has 10 heteroatoms. The number of nitrogens with one attached hydrogen (secondary N) is 1. The van der Waals surface area contributed by atoms with E-state index < -0.39 is 28.0 Å². The Labute approximate surface area is 163 Å². The number of hydrogen-bond donors (Lipinski definition) is 1. The van der Waals surface area contributed by atoms with Gasteiger partial charge in [0.2, 0.25) is 0 Å². The molecule has 0 aromatic heterocycles. The summed E-state index contributed by atoms with van der Waals surface area (Å²) in [7, 11) is -4.56. The molecule has 1 N–H and O–H groups in total. The number of ether oxygens (including phenoxy) is 1. The Morgan fingerprint density at radius 1 is 1.26 bits per heavy atom. The fourth-order valence-corrected chi connectivity index (χ4v) is 4.60. The van der Waals surface area contributed by atoms with Gasteiger partial charge >= 0.3 is 16.4 Å². The van der Waals surface area contributed by atoms with E-state index in [0.717, 1.165) is 50.9 Å². The van der Waals surface area contributed by atoms with Crippen LogP contribution in [0.4, 0.5) is 9.18 Å². The van der Waals surface area contributed by atoms with Gasteiger partial charge < -0.3 is 8.92 Å². The molecule has 150 valence electrons. The van der Waals surface area contributed by atoms with Crippen LogP contribution < -0.4 is 8.91 Å². The molecule has 2 aliphatic heterocycles. The SMILES string of the molecule is O=C(NS(=O)(=O)Oc1ccc(Cl)cc1F)OC[C@@H]1CCCN2CCCC[C@@H]12. The average molecular weight is 421 g/mol. The number of nitrogens with zero attached hydrogens (tertiary/aromatic N) is 1. The second kappa shape index (κ2) is 8.62. The number of piperidine rings is 2. The zero-order chi connectivity index (χ0) is 19.4. The fraction of sp³-hybridized carbons (Fsp3) is 0.588. The Morgan fingerprint density at radius 2 is 2.04 bits per heavy atom. The first kappa shape index (κ1) is 20.2. The van der Waals surface area contributed by atoms with Crippen LogP contribution in [0.25, 0.3) is 0 Å². The van der Waals surface area contributed by atoms with E-state index in [1.807, 2.05) is 0 Å². The van der Waals surface area contributed by atoms with E-state index in [0.29, 0.717) is 6.04 Å². The number of amides is 1. The summed E-state index contributed by atoms with van der Waals surface area (Å²) >= 11 is 5.60. The molecule has 2 saturated heterocycles. The van der Waals surface area contributed by atoms with Gasteiger partial charge in [0, 0.05) is 17.0 Å². The van der Waals surface area contributed by atoms with Gasteiger partial charge in [-0.1, -0.05) is 18.0 Å². The molecule has 3 rings (SSSR count). The smallest absolute Gasteiger partial charge is 0.423 e. The number of fused-ring (bicyclic) bond motifs is 1. The lowest BCUT2D eigenvalue weighted by Crippen LogP contribution is -2.49. The lowest BCUT2D eigenvalue weighted by Gasteiger charge is -2.44. The summed E-state index contributed by atoms with van der Waals surface area (Å²) < 4.78 is 48.7. The molecule has 2 aliphatic rings. The molecule has 0 bridgehead atoms. The van der Waals surface area contributed by atoms with E-state index >= 15 is 0 Å². The van der Waals surface area contributed by atoms with Gasteiger partial charge in [-0.05, 0) is 57.0 Å². The molecule has 0 spiro atoms. The molecule has 2 atom stereocenters. The number of rotatable bonds is 5. The standard InChI is InChI=1S/C17H22ClFN2O5S/c18-13-6-7-16(14(19)10-13)26-27(23,24)20-17(22)25-11-12-4-3-9-21-8-2-1-5-15(12)21/h6-7,10,12,15H,1-5,8-9,11H2,(H,20,22)/t12-,15-/m0/s1. The molecular weight excluding hydrogens is 399 g/mol. The van der Waals surface area contributed by atoms with E-state index in [4.69, 9.17) is 16.3 Å². The molecule has 2 fully saturated rings. The maximum Gasteiger partial charge on any atom is 0.423 e. The van der Waals surface area contributed by atoms with Crippen molar-refractivity contribution in [1.82, 2.24) is 9.62 Å². The Bertz CT molecular complexity index is 790. The highest BCUT2D eigenvalue weighted by atomic mass is 35.5. The largest absolute Gasteiger partial charge is 0.448 e. The van der Waals surface area contributed by atoms with Gasteiger partial charge in [-0.15, -0.1) is 0 Å². The molecule has 1 aromatic carbocycles. The van der Waals surface area contributed by atoms with Gasteiger partial charge in [0.1, 0.15) is 0 Å². The molecule has 1 aromatic rings. The number of carbonyl (C=O) groups is 1. The molecule has 0 aliphatic carbocycles. The van der Waals surface area contributed by atoms with E-state index in [-0.39, 0.29) is 17.5 Å². The minimum Gasteiger partial charge on any atom is -0.448 e. The topological polar surface area (TPSA) is 84.9 Å². The summed E-state index contributed by atoms with van der Waals surface area (Å²) in [6.07, 6.45) is 4.22. The predicted octanol–water partition coefficient (Wildman–Crippen LogP) is 3.09. The van der Waals surface area contributed by atoms with Crippen molar-refractivity contribution in [3.05, 3.63) is 29.0 Å². The van der Waals surface area contributed by atoms with E-state index in [2.05, 4.69) is 9.08 Å². The number of hydrogen-bond acceptors (Lipinski definition) is 6. The highest BCUT2D eigenvalue weighted by molar-refractivity contribution is 7.85. The fourth-order valence-electron chi connectivity index (χ4n) is 3.77. The Balaban J connectivity index is 1.52. The first-order valence-electron chi connectivity index (χ1n) is 8.92. The minimum absolute atomic E-state index is 0.0915. The lowest BCUT2D eigenvalue weighted by atomic mass is 9.84. The molecule has 0 unspecified atom stereocenters. The quantitative estimate of drug-likeness (QED) is 0.787. The molecule has 0 radical (unpaired) electrons. The summed E-state index contributed by atoms with van der Waals surface area (Å²) in [5.74, 6) is -1.34. The minimum atomic E-state index is -4.56. The van der Waals surface area contributed by atoms with Gasteiger partial charge in [0.25, 0.3) is 0 Å². The number of halogens is 2. The lowest BCUT2D eigenvalue weighted by molar-refractivity contribution is 0.0244. The highest BCUT2D eigenvalue weighted by Crippen LogP contribution is 2.31. The van der Waals surface area contributed by atoms with Gasteiger partial charge in [0.15, 0.2) is 11.6 Å². The van der Waals surface area contributed by atoms with Crippen LogP contribution in [-0.2, 0) is 15.0 Å². The summed E-state index contributed by atoms with van der Waals surface area (Å²) in [5.41, 5.74) is 0. The second-order valence-corrected chi connectivity index (χ2v) is 8.53. The van der Waals surface area contributed by atoms with Gasteiger partial charge in [-0.25, -0.2) is 9.18 Å². The molecule has 2 heterocycles. The first-order chi connectivity index (χ1) is 12.8. The van der Waals surface area contributed by atoms with E-state index in [1.54, 1.807) is 4.72 Å². The van der Waals surface area contributed by atoms with Gasteiger partial charge in [-0.3, -0.25) is 4.90 Å². The normalized spacial score (nSPS) is 23.3. The second-order valence-electron chi connectivity index (χ2n) is 6.81. The third-order valence-electron chi connectivity index (χ3n) is 4.96. The van der Waals surface area contributed by atoms with Crippen molar-refractivity contribution < 1.29 is 26.5 Å². The van der Waals surface area contributed by atoms with Crippen LogP contribution in [0.5, 0.6) is 5.75 Å². The molecule has 1 amide bonds. The van der Waals surface area contributed by atoms with Crippen molar-refractivity contribution >= 4 is 28.0 Å². The third-order valence-corrected chi connectivity index (χ3v) is 6.01. The number of benzene rings is 1. The van der Waals surface area contributed by atoms with Gasteiger partial charge in [-0.2, -0.15) is 13.1 Å². The zero-order valence-electron chi connectivity index (χ0n) is 14.7. The van der Waals surface area contributed by atoms with E-state index in [1.165, 1.54) is 12.5 Å². The van der Waals surface area contributed by atoms with E-state index in [9.17, 15) is 17.6 Å². The Hall–Kier alpha value is -1.58. The van der Waals surface area contributed by atoms with Crippen LogP contribution in [0, 0.1) is 11.7 Å². The summed E-state index contributed by atoms with van der Waals surface area (Å²) in [4.78, 5) is 14.3. The third kappa shape index (κ3) is 5.46. The Morgan fingerprint density at radius 3 is 2.81 bits per heavy atom. The molecule has 0 saturated carbocycles. The van der Waals surface area contributed by atoms with Crippen LogP contribution in [0.15, 0.2) is 18.2 Å². The van der Waals surface area contributed by atoms with Crippen LogP contribution in [0.3, 0.4) is 0 Å². The van der Waals surface area contributed by atoms with Crippen molar-refractivity contribution in [2.45, 2.75) is 38.1 Å². The first-order valence-corrected chi connectivity index (χ1v) is 10.7. The summed E-state index contributed by atoms with van der Waals surface area (Å²) in [5, 5.41) is 0.0915. The van der Waals surface area contributed by atoms with Crippen molar-refractivity contribution in [3.63, 3.8) is 0 Å². The average Bonchev–Trinajstić information content (AvgIpc) is 2.62. The maximum atomic E-state index is 13.6. The zero-order valence-corrected chi connectivity index (χ0v) is 16.3. The molecular formula is C17H22ClFN2O5S. The summed E-state index contributed by atoms with van der Waals surface area (Å²) in [6.45, 7) is 2.25.